The molecule has 0 spiro atoms. The third kappa shape index (κ3) is 3.62. The van der Waals surface area contributed by atoms with Crippen LogP contribution in [0.25, 0.3) is 5.69 Å². The first-order chi connectivity index (χ1) is 12.6. The number of nitrogens with zero attached hydrogens (tertiary/aromatic N) is 5. The molecule has 2 heterocycles. The van der Waals surface area contributed by atoms with Crippen molar-refractivity contribution in [3.05, 3.63) is 41.9 Å². The first-order valence-electron chi connectivity index (χ1n) is 8.35. The molecule has 134 valence electrons. The van der Waals surface area contributed by atoms with Gasteiger partial charge >= 0.3 is 0 Å². The van der Waals surface area contributed by atoms with Crippen molar-refractivity contribution in [2.24, 2.45) is 0 Å². The van der Waals surface area contributed by atoms with Crippen molar-refractivity contribution in [2.75, 3.05) is 5.32 Å². The highest BCUT2D eigenvalue weighted by molar-refractivity contribution is 7.98. The summed E-state index contributed by atoms with van der Waals surface area (Å²) in [6, 6.07) is 7.69. The van der Waals surface area contributed by atoms with Gasteiger partial charge in [0.05, 0.1) is 11.4 Å². The highest BCUT2D eigenvalue weighted by Gasteiger charge is 2.31. The quantitative estimate of drug-likeness (QED) is 0.666. The second kappa shape index (κ2) is 6.91. The van der Waals surface area contributed by atoms with E-state index in [1.54, 1.807) is 6.92 Å². The van der Waals surface area contributed by atoms with Crippen LogP contribution in [0.2, 0.25) is 0 Å². The molecule has 1 N–H and O–H groups in total. The number of rotatable bonds is 6. The summed E-state index contributed by atoms with van der Waals surface area (Å²) < 4.78 is 7.48. The van der Waals surface area contributed by atoms with Crippen LogP contribution in [0.1, 0.15) is 43.3 Å². The Morgan fingerprint density at radius 1 is 1.31 bits per heavy atom. The van der Waals surface area contributed by atoms with Crippen LogP contribution in [0, 0.1) is 6.92 Å². The Labute approximate surface area is 154 Å². The molecule has 8 nitrogen and oxygen atoms in total. The molecule has 1 aromatic carbocycles. The molecule has 0 atom stereocenters. The van der Waals surface area contributed by atoms with Gasteiger partial charge in [0.15, 0.2) is 5.16 Å². The smallest absolute Gasteiger partial charge is 0.226 e. The van der Waals surface area contributed by atoms with Crippen molar-refractivity contribution >= 4 is 23.4 Å². The Bertz CT molecular complexity index is 946. The number of anilines is 1. The van der Waals surface area contributed by atoms with Crippen LogP contribution in [0.4, 0.5) is 5.69 Å². The summed E-state index contributed by atoms with van der Waals surface area (Å²) in [7, 11) is 0. The van der Waals surface area contributed by atoms with Gasteiger partial charge in [0.2, 0.25) is 17.7 Å². The van der Waals surface area contributed by atoms with Gasteiger partial charge in [0, 0.05) is 25.5 Å². The Morgan fingerprint density at radius 3 is 2.85 bits per heavy atom. The second-order valence-corrected chi connectivity index (χ2v) is 7.13. The minimum Gasteiger partial charge on any atom is -0.425 e. The van der Waals surface area contributed by atoms with E-state index in [1.807, 2.05) is 24.3 Å². The van der Waals surface area contributed by atoms with Crippen LogP contribution in [-0.4, -0.2) is 30.9 Å². The molecule has 2 aromatic heterocycles. The molecular weight excluding hydrogens is 352 g/mol. The zero-order chi connectivity index (χ0) is 18.1. The van der Waals surface area contributed by atoms with Gasteiger partial charge in [-0.3, -0.25) is 9.36 Å². The van der Waals surface area contributed by atoms with Gasteiger partial charge in [-0.25, -0.2) is 0 Å². The van der Waals surface area contributed by atoms with Crippen LogP contribution in [0.5, 0.6) is 0 Å². The van der Waals surface area contributed by atoms with Crippen molar-refractivity contribution in [1.82, 2.24) is 25.0 Å². The molecule has 9 heteroatoms. The lowest BCUT2D eigenvalue weighted by atomic mass is 10.2. The minimum atomic E-state index is -0.102. The standard InChI is InChI=1S/C17H18N6O2S/c1-10(24)18-13-4-3-5-14(8-13)23-16(12-6-7-12)21-22-17(23)26-9-15-20-19-11(2)25-15/h3-5,8,12H,6-7,9H2,1-2H3,(H,18,24). The fourth-order valence-corrected chi connectivity index (χ4v) is 3.47. The number of aromatic nitrogens is 5. The molecular formula is C17H18N6O2S. The molecule has 0 aliphatic heterocycles. The summed E-state index contributed by atoms with van der Waals surface area (Å²) >= 11 is 1.50. The SMILES string of the molecule is CC(=O)Nc1cccc(-n2c(SCc3nnc(C)o3)nnc2C2CC2)c1. The maximum absolute atomic E-state index is 11.4. The predicted molar refractivity (Wildman–Crippen MR) is 96.2 cm³/mol. The summed E-state index contributed by atoms with van der Waals surface area (Å²) in [6.07, 6.45) is 2.24. The fraction of sp³-hybridized carbons (Fsp3) is 0.353. The van der Waals surface area contributed by atoms with Gasteiger partial charge in [0.25, 0.3) is 0 Å². The summed E-state index contributed by atoms with van der Waals surface area (Å²) in [5, 5.41) is 20.2. The maximum Gasteiger partial charge on any atom is 0.226 e. The highest BCUT2D eigenvalue weighted by atomic mass is 32.2. The van der Waals surface area contributed by atoms with Crippen molar-refractivity contribution < 1.29 is 9.21 Å². The Kier molecular flexibility index (Phi) is 4.46. The van der Waals surface area contributed by atoms with Crippen LogP contribution in [0.15, 0.2) is 33.8 Å². The molecule has 0 radical (unpaired) electrons. The lowest BCUT2D eigenvalue weighted by molar-refractivity contribution is -0.114. The molecule has 1 amide bonds. The van der Waals surface area contributed by atoms with Crippen molar-refractivity contribution in [3.8, 4) is 5.69 Å². The lowest BCUT2D eigenvalue weighted by Crippen LogP contribution is -2.07. The minimum absolute atomic E-state index is 0.102. The molecule has 0 unspecified atom stereocenters. The predicted octanol–water partition coefficient (Wildman–Crippen LogP) is 3.09. The first-order valence-corrected chi connectivity index (χ1v) is 9.34. The zero-order valence-corrected chi connectivity index (χ0v) is 15.3. The molecule has 26 heavy (non-hydrogen) atoms. The fourth-order valence-electron chi connectivity index (χ4n) is 2.67. The average molecular weight is 370 g/mol. The highest BCUT2D eigenvalue weighted by Crippen LogP contribution is 2.41. The van der Waals surface area contributed by atoms with E-state index in [0.717, 1.165) is 35.2 Å². The Morgan fingerprint density at radius 2 is 2.15 bits per heavy atom. The third-order valence-corrected chi connectivity index (χ3v) is 4.83. The molecule has 0 saturated heterocycles. The van der Waals surface area contributed by atoms with Gasteiger partial charge in [-0.2, -0.15) is 0 Å². The van der Waals surface area contributed by atoms with E-state index in [4.69, 9.17) is 4.42 Å². The van der Waals surface area contributed by atoms with Gasteiger partial charge in [0.1, 0.15) is 5.82 Å². The van der Waals surface area contributed by atoms with Crippen LogP contribution in [-0.2, 0) is 10.5 Å². The molecule has 0 bridgehead atoms. The van der Waals surface area contributed by atoms with Gasteiger partial charge in [-0.05, 0) is 31.0 Å². The van der Waals surface area contributed by atoms with E-state index in [9.17, 15) is 4.79 Å². The molecule has 1 aliphatic carbocycles. The number of amides is 1. The lowest BCUT2D eigenvalue weighted by Gasteiger charge is -2.11. The monoisotopic (exact) mass is 370 g/mol. The number of carbonyl (C=O) groups excluding carboxylic acids is 1. The number of thioether (sulfide) groups is 1. The van der Waals surface area contributed by atoms with Gasteiger partial charge in [-0.1, -0.05) is 17.8 Å². The number of carbonyl (C=O) groups is 1. The third-order valence-electron chi connectivity index (χ3n) is 3.92. The zero-order valence-electron chi connectivity index (χ0n) is 14.5. The topological polar surface area (TPSA) is 98.7 Å². The summed E-state index contributed by atoms with van der Waals surface area (Å²) in [4.78, 5) is 11.4. The van der Waals surface area contributed by atoms with E-state index >= 15 is 0 Å². The number of hydrogen-bond donors (Lipinski definition) is 1. The van der Waals surface area contributed by atoms with Crippen molar-refractivity contribution in [1.29, 1.82) is 0 Å². The first kappa shape index (κ1) is 16.8. The van der Waals surface area contributed by atoms with Crippen molar-refractivity contribution in [2.45, 2.75) is 43.5 Å². The summed E-state index contributed by atoms with van der Waals surface area (Å²) in [5.74, 6) is 2.91. The Balaban J connectivity index is 1.65. The Hall–Kier alpha value is -2.68. The molecule has 1 aliphatic rings. The van der Waals surface area contributed by atoms with E-state index < -0.39 is 0 Å². The summed E-state index contributed by atoms with van der Waals surface area (Å²) in [6.45, 7) is 3.26. The molecule has 1 saturated carbocycles. The second-order valence-electron chi connectivity index (χ2n) is 6.19. The van der Waals surface area contributed by atoms with E-state index in [-0.39, 0.29) is 5.91 Å². The largest absolute Gasteiger partial charge is 0.425 e. The van der Waals surface area contributed by atoms with E-state index in [0.29, 0.717) is 23.5 Å². The number of nitrogens with one attached hydrogen (secondary N) is 1. The normalized spacial score (nSPS) is 13.8. The van der Waals surface area contributed by atoms with E-state index in [2.05, 4.69) is 30.3 Å². The van der Waals surface area contributed by atoms with Crippen molar-refractivity contribution in [3.63, 3.8) is 0 Å². The average Bonchev–Trinajstić information content (AvgIpc) is 3.23. The van der Waals surface area contributed by atoms with Crippen LogP contribution in [0.3, 0.4) is 0 Å². The number of benzene rings is 1. The van der Waals surface area contributed by atoms with Gasteiger partial charge in [-0.15, -0.1) is 20.4 Å². The van der Waals surface area contributed by atoms with Crippen LogP contribution < -0.4 is 5.32 Å². The van der Waals surface area contributed by atoms with Gasteiger partial charge < -0.3 is 9.73 Å². The number of hydrogen-bond acceptors (Lipinski definition) is 7. The molecule has 3 aromatic rings. The van der Waals surface area contributed by atoms with E-state index in [1.165, 1.54) is 18.7 Å². The summed E-state index contributed by atoms with van der Waals surface area (Å²) in [5.41, 5.74) is 1.67. The number of aryl methyl sites for hydroxylation is 1. The molecule has 4 rings (SSSR count). The maximum atomic E-state index is 11.4. The molecule has 1 fully saturated rings. The van der Waals surface area contributed by atoms with Crippen LogP contribution >= 0.6 is 11.8 Å².